The van der Waals surface area contributed by atoms with Crippen molar-refractivity contribution in [3.05, 3.63) is 29.0 Å². The second kappa shape index (κ2) is 5.26. The van der Waals surface area contributed by atoms with E-state index in [1.165, 1.54) is 17.0 Å². The second-order valence-electron chi connectivity index (χ2n) is 4.41. The monoisotopic (exact) mass is 325 g/mol. The molecule has 0 radical (unpaired) electrons. The lowest BCUT2D eigenvalue weighted by Gasteiger charge is -2.17. The largest absolute Gasteiger partial charge is 0.312 e. The fourth-order valence-corrected chi connectivity index (χ4v) is 3.66. The molecule has 1 aliphatic heterocycles. The van der Waals surface area contributed by atoms with Gasteiger partial charge in [0.2, 0.25) is 15.0 Å². The van der Waals surface area contributed by atoms with Crippen LogP contribution in [0.25, 0.3) is 0 Å². The second-order valence-corrected chi connectivity index (χ2v) is 7.67. The zero-order chi connectivity index (χ0) is 14.2. The smallest absolute Gasteiger partial charge is 0.232 e. The number of benzene rings is 1. The van der Waals surface area contributed by atoms with Gasteiger partial charge in [-0.1, -0.05) is 11.6 Å². The fourth-order valence-electron chi connectivity index (χ4n) is 2.12. The van der Waals surface area contributed by atoms with Gasteiger partial charge in [-0.05, 0) is 18.2 Å². The van der Waals surface area contributed by atoms with Gasteiger partial charge in [0.15, 0.2) is 0 Å². The van der Waals surface area contributed by atoms with E-state index < -0.39 is 20.8 Å². The summed E-state index contributed by atoms with van der Waals surface area (Å²) in [5, 5.41) is 0.177. The lowest BCUT2D eigenvalue weighted by atomic mass is 10.1. The quantitative estimate of drug-likeness (QED) is 0.802. The first-order valence-corrected chi connectivity index (χ1v) is 8.29. The number of halogens is 3. The van der Waals surface area contributed by atoms with E-state index in [0.717, 1.165) is 6.07 Å². The molecule has 1 saturated heterocycles. The number of carbonyl (C=O) groups is 1. The number of nitrogens with zero attached hydrogens (tertiary/aromatic N) is 1. The highest BCUT2D eigenvalue weighted by Crippen LogP contribution is 2.29. The predicted octanol–water partition coefficient (Wildman–Crippen LogP) is 2.40. The van der Waals surface area contributed by atoms with Crippen molar-refractivity contribution in [3.63, 3.8) is 0 Å². The summed E-state index contributed by atoms with van der Waals surface area (Å²) in [6.45, 7) is 0.185. The molecular weight excluding hydrogens is 316 g/mol. The first-order valence-electron chi connectivity index (χ1n) is 5.43. The van der Waals surface area contributed by atoms with Crippen LogP contribution >= 0.6 is 22.3 Å². The minimum absolute atomic E-state index is 0.0695. The Morgan fingerprint density at radius 2 is 2.05 bits per heavy atom. The molecule has 19 heavy (non-hydrogen) atoms. The molecule has 2 rings (SSSR count). The summed E-state index contributed by atoms with van der Waals surface area (Å²) in [7, 11) is 1.51. The van der Waals surface area contributed by atoms with E-state index in [1.54, 1.807) is 0 Å². The molecule has 1 fully saturated rings. The lowest BCUT2D eigenvalue weighted by Crippen LogP contribution is -2.25. The molecule has 1 unspecified atom stereocenters. The van der Waals surface area contributed by atoms with Gasteiger partial charge in [0, 0.05) is 40.3 Å². The van der Waals surface area contributed by atoms with E-state index in [4.69, 9.17) is 22.3 Å². The number of anilines is 1. The normalized spacial score (nSPS) is 20.1. The van der Waals surface area contributed by atoms with Crippen molar-refractivity contribution in [1.29, 1.82) is 0 Å². The molecule has 1 aromatic carbocycles. The highest BCUT2D eigenvalue weighted by atomic mass is 35.7. The van der Waals surface area contributed by atoms with Crippen LogP contribution in [0.4, 0.5) is 10.1 Å². The highest BCUT2D eigenvalue weighted by molar-refractivity contribution is 8.13. The summed E-state index contributed by atoms with van der Waals surface area (Å²) in [5.41, 5.74) is 0.324. The predicted molar refractivity (Wildman–Crippen MR) is 71.5 cm³/mol. The van der Waals surface area contributed by atoms with E-state index >= 15 is 0 Å². The van der Waals surface area contributed by atoms with E-state index in [0.29, 0.717) is 5.69 Å². The summed E-state index contributed by atoms with van der Waals surface area (Å²) in [4.78, 5) is 13.1. The van der Waals surface area contributed by atoms with Crippen molar-refractivity contribution < 1.29 is 17.6 Å². The standard InChI is InChI=1S/C11H10Cl2FNO3S/c12-8-2-9(14)4-10(3-8)15-5-7(1-11(15)16)6-19(13,17)18/h2-4,7H,1,5-6H2. The number of hydrogen-bond donors (Lipinski definition) is 0. The maximum absolute atomic E-state index is 13.2. The van der Waals surface area contributed by atoms with Crippen LogP contribution in [0.3, 0.4) is 0 Å². The molecule has 0 spiro atoms. The third-order valence-corrected chi connectivity index (χ3v) is 4.26. The Morgan fingerprint density at radius 3 is 2.63 bits per heavy atom. The zero-order valence-corrected chi connectivity index (χ0v) is 12.0. The molecule has 1 aromatic rings. The molecule has 1 amide bonds. The van der Waals surface area contributed by atoms with Crippen molar-refractivity contribution >= 4 is 42.9 Å². The van der Waals surface area contributed by atoms with Crippen LogP contribution in [0.5, 0.6) is 0 Å². The third kappa shape index (κ3) is 3.81. The van der Waals surface area contributed by atoms with Crippen LogP contribution in [-0.4, -0.2) is 26.6 Å². The summed E-state index contributed by atoms with van der Waals surface area (Å²) in [5.74, 6) is -1.49. The Bertz CT molecular complexity index is 600. The Kier molecular flexibility index (Phi) is 4.03. The lowest BCUT2D eigenvalue weighted by molar-refractivity contribution is -0.117. The van der Waals surface area contributed by atoms with Gasteiger partial charge in [0.1, 0.15) is 5.82 Å². The van der Waals surface area contributed by atoms with E-state index in [9.17, 15) is 17.6 Å². The van der Waals surface area contributed by atoms with Crippen molar-refractivity contribution in [2.45, 2.75) is 6.42 Å². The summed E-state index contributed by atoms with van der Waals surface area (Å²) in [6.07, 6.45) is 0.0695. The molecule has 0 bridgehead atoms. The van der Waals surface area contributed by atoms with Crippen molar-refractivity contribution in [1.82, 2.24) is 0 Å². The van der Waals surface area contributed by atoms with E-state index in [-0.39, 0.29) is 29.6 Å². The number of carbonyl (C=O) groups excluding carboxylic acids is 1. The summed E-state index contributed by atoms with van der Waals surface area (Å²) in [6, 6.07) is 3.77. The number of hydrogen-bond acceptors (Lipinski definition) is 3. The Balaban J connectivity index is 2.20. The van der Waals surface area contributed by atoms with Gasteiger partial charge in [-0.25, -0.2) is 12.8 Å². The summed E-state index contributed by atoms with van der Waals surface area (Å²) >= 11 is 5.72. The number of amides is 1. The molecular formula is C11H10Cl2FNO3S. The maximum atomic E-state index is 13.2. The van der Waals surface area contributed by atoms with Gasteiger partial charge in [0.25, 0.3) is 0 Å². The number of rotatable bonds is 3. The molecule has 1 atom stereocenters. The van der Waals surface area contributed by atoms with Gasteiger partial charge >= 0.3 is 0 Å². The minimum Gasteiger partial charge on any atom is -0.312 e. The van der Waals surface area contributed by atoms with E-state index in [1.807, 2.05) is 0 Å². The molecule has 1 aliphatic rings. The Labute approximate surface area is 119 Å². The Morgan fingerprint density at radius 1 is 1.37 bits per heavy atom. The fraction of sp³-hybridized carbons (Fsp3) is 0.364. The third-order valence-electron chi connectivity index (χ3n) is 2.80. The van der Waals surface area contributed by atoms with Crippen LogP contribution in [-0.2, 0) is 13.8 Å². The van der Waals surface area contributed by atoms with Gasteiger partial charge in [0.05, 0.1) is 5.75 Å². The van der Waals surface area contributed by atoms with Crippen molar-refractivity contribution in [2.24, 2.45) is 5.92 Å². The van der Waals surface area contributed by atoms with Gasteiger partial charge in [-0.2, -0.15) is 0 Å². The van der Waals surface area contributed by atoms with Crippen LogP contribution < -0.4 is 4.90 Å². The SMILES string of the molecule is O=C1CC(CS(=O)(=O)Cl)CN1c1cc(F)cc(Cl)c1. The zero-order valence-electron chi connectivity index (χ0n) is 9.64. The molecule has 1 heterocycles. The van der Waals surface area contributed by atoms with Gasteiger partial charge in [-0.3, -0.25) is 4.79 Å². The molecule has 0 N–H and O–H groups in total. The van der Waals surface area contributed by atoms with E-state index in [2.05, 4.69) is 0 Å². The van der Waals surface area contributed by atoms with Crippen molar-refractivity contribution in [3.8, 4) is 0 Å². The molecule has 4 nitrogen and oxygen atoms in total. The maximum Gasteiger partial charge on any atom is 0.232 e. The first kappa shape index (κ1) is 14.6. The molecule has 0 saturated carbocycles. The van der Waals surface area contributed by atoms with Crippen LogP contribution in [0.1, 0.15) is 6.42 Å². The summed E-state index contributed by atoms with van der Waals surface area (Å²) < 4.78 is 35.2. The molecule has 0 aromatic heterocycles. The van der Waals surface area contributed by atoms with Crippen LogP contribution in [0, 0.1) is 11.7 Å². The van der Waals surface area contributed by atoms with Gasteiger partial charge in [-0.15, -0.1) is 0 Å². The van der Waals surface area contributed by atoms with Crippen molar-refractivity contribution in [2.75, 3.05) is 17.2 Å². The van der Waals surface area contributed by atoms with Gasteiger partial charge < -0.3 is 4.90 Å². The average Bonchev–Trinajstić information content (AvgIpc) is 2.54. The first-order chi connectivity index (χ1) is 8.74. The minimum atomic E-state index is -3.66. The molecule has 104 valence electrons. The Hall–Kier alpha value is -0.850. The highest BCUT2D eigenvalue weighted by Gasteiger charge is 2.33. The topological polar surface area (TPSA) is 54.5 Å². The molecule has 8 heteroatoms. The average molecular weight is 326 g/mol. The van der Waals surface area contributed by atoms with Crippen LogP contribution in [0.2, 0.25) is 5.02 Å². The van der Waals surface area contributed by atoms with Crippen LogP contribution in [0.15, 0.2) is 18.2 Å². The molecule has 0 aliphatic carbocycles.